The van der Waals surface area contributed by atoms with E-state index in [1.54, 1.807) is 5.01 Å². The fourth-order valence-corrected chi connectivity index (χ4v) is 2.31. The number of carbonyl (C=O) groups excluding carboxylic acids is 1. The van der Waals surface area contributed by atoms with Gasteiger partial charge < -0.3 is 4.98 Å². The highest BCUT2D eigenvalue weighted by molar-refractivity contribution is 5.94. The van der Waals surface area contributed by atoms with E-state index in [9.17, 15) is 9.59 Å². The van der Waals surface area contributed by atoms with Gasteiger partial charge >= 0.3 is 0 Å². The lowest BCUT2D eigenvalue weighted by molar-refractivity contribution is 0.0948. The van der Waals surface area contributed by atoms with E-state index in [0.717, 1.165) is 11.3 Å². The van der Waals surface area contributed by atoms with E-state index in [1.165, 1.54) is 18.3 Å². The van der Waals surface area contributed by atoms with E-state index < -0.39 is 0 Å². The van der Waals surface area contributed by atoms with Crippen LogP contribution in [-0.4, -0.2) is 10.9 Å². The number of anilines is 1. The van der Waals surface area contributed by atoms with Gasteiger partial charge in [-0.25, -0.2) is 0 Å². The van der Waals surface area contributed by atoms with Gasteiger partial charge in [0, 0.05) is 12.3 Å². The van der Waals surface area contributed by atoms with Crippen LogP contribution in [0.25, 0.3) is 0 Å². The summed E-state index contributed by atoms with van der Waals surface area (Å²) in [6, 6.07) is 22.3. The summed E-state index contributed by atoms with van der Waals surface area (Å²) in [6.07, 6.45) is 1.41. The number of H-pyrrole nitrogens is 1. The van der Waals surface area contributed by atoms with Crippen LogP contribution >= 0.6 is 0 Å². The number of aromatic nitrogens is 1. The number of hydrogen-bond donors (Lipinski definition) is 2. The molecule has 0 atom stereocenters. The molecule has 5 nitrogen and oxygen atoms in total. The maximum atomic E-state index is 12.5. The number of amides is 1. The second kappa shape index (κ2) is 7.28. The van der Waals surface area contributed by atoms with Crippen LogP contribution in [0, 0.1) is 0 Å². The van der Waals surface area contributed by atoms with Crippen molar-refractivity contribution in [2.45, 2.75) is 6.54 Å². The molecule has 3 rings (SSSR count). The summed E-state index contributed by atoms with van der Waals surface area (Å²) >= 11 is 0. The van der Waals surface area contributed by atoms with E-state index in [-0.39, 0.29) is 11.5 Å². The summed E-state index contributed by atoms with van der Waals surface area (Å²) in [4.78, 5) is 26.1. The van der Waals surface area contributed by atoms with Crippen LogP contribution in [-0.2, 0) is 6.54 Å². The van der Waals surface area contributed by atoms with Crippen LogP contribution < -0.4 is 16.0 Å². The quantitative estimate of drug-likeness (QED) is 0.711. The molecule has 0 bridgehead atoms. The number of hydrazine groups is 1. The standard InChI is InChI=1S/C19H17N3O2/c23-18-12-11-16(13-20-18)19(24)21-22(17-9-5-2-6-10-17)14-15-7-3-1-4-8-15/h1-13H,14H2,(H,20,23)(H,21,24). The number of benzene rings is 2. The van der Waals surface area contributed by atoms with Crippen molar-refractivity contribution < 1.29 is 4.79 Å². The third kappa shape index (κ3) is 3.89. The minimum Gasteiger partial charge on any atom is -0.328 e. The summed E-state index contributed by atoms with van der Waals surface area (Å²) < 4.78 is 0. The first-order chi connectivity index (χ1) is 11.7. The van der Waals surface area contributed by atoms with Crippen LogP contribution in [0.4, 0.5) is 5.69 Å². The van der Waals surface area contributed by atoms with Crippen LogP contribution in [0.1, 0.15) is 15.9 Å². The predicted octanol–water partition coefficient (Wildman–Crippen LogP) is 2.73. The number of carbonyl (C=O) groups is 1. The SMILES string of the molecule is O=C(NN(Cc1ccccc1)c1ccccc1)c1ccc(=O)[nH]c1. The van der Waals surface area contributed by atoms with Crippen molar-refractivity contribution in [2.24, 2.45) is 0 Å². The van der Waals surface area contributed by atoms with Gasteiger partial charge in [0.15, 0.2) is 0 Å². The molecule has 1 heterocycles. The molecule has 1 amide bonds. The van der Waals surface area contributed by atoms with Crippen LogP contribution in [0.3, 0.4) is 0 Å². The Labute approximate surface area is 139 Å². The molecule has 0 unspecified atom stereocenters. The first-order valence-corrected chi connectivity index (χ1v) is 7.58. The molecule has 2 aromatic carbocycles. The molecule has 3 aromatic rings. The number of rotatable bonds is 5. The lowest BCUT2D eigenvalue weighted by atomic mass is 10.2. The van der Waals surface area contributed by atoms with Crippen molar-refractivity contribution in [3.63, 3.8) is 0 Å². The third-order valence-corrected chi connectivity index (χ3v) is 3.53. The molecule has 0 saturated carbocycles. The molecule has 0 aliphatic rings. The lowest BCUT2D eigenvalue weighted by Gasteiger charge is -2.25. The highest BCUT2D eigenvalue weighted by atomic mass is 16.2. The van der Waals surface area contributed by atoms with Crippen molar-refractivity contribution in [1.29, 1.82) is 0 Å². The molecule has 0 spiro atoms. The smallest absolute Gasteiger partial charge is 0.271 e. The topological polar surface area (TPSA) is 65.2 Å². The van der Waals surface area contributed by atoms with Crippen molar-refractivity contribution >= 4 is 11.6 Å². The Hall–Kier alpha value is -3.34. The molecular formula is C19H17N3O2. The average molecular weight is 319 g/mol. The molecule has 1 aromatic heterocycles. The van der Waals surface area contributed by atoms with E-state index in [0.29, 0.717) is 12.1 Å². The number of para-hydroxylation sites is 1. The molecule has 24 heavy (non-hydrogen) atoms. The molecule has 0 aliphatic heterocycles. The first-order valence-electron chi connectivity index (χ1n) is 7.58. The highest BCUT2D eigenvalue weighted by Crippen LogP contribution is 2.15. The van der Waals surface area contributed by atoms with Crippen LogP contribution in [0.2, 0.25) is 0 Å². The Kier molecular flexibility index (Phi) is 4.72. The summed E-state index contributed by atoms with van der Waals surface area (Å²) in [6.45, 7) is 0.528. The zero-order chi connectivity index (χ0) is 16.8. The van der Waals surface area contributed by atoms with Crippen LogP contribution in [0.15, 0.2) is 83.8 Å². The second-order valence-corrected chi connectivity index (χ2v) is 5.29. The second-order valence-electron chi connectivity index (χ2n) is 5.29. The maximum absolute atomic E-state index is 12.5. The largest absolute Gasteiger partial charge is 0.328 e. The predicted molar refractivity (Wildman–Crippen MR) is 93.6 cm³/mol. The first kappa shape index (κ1) is 15.6. The zero-order valence-corrected chi connectivity index (χ0v) is 13.0. The van der Waals surface area contributed by atoms with Crippen molar-refractivity contribution in [3.8, 4) is 0 Å². The van der Waals surface area contributed by atoms with Gasteiger partial charge in [-0.05, 0) is 23.8 Å². The van der Waals surface area contributed by atoms with Crippen LogP contribution in [0.5, 0.6) is 0 Å². The molecule has 2 N–H and O–H groups in total. The van der Waals surface area contributed by atoms with Gasteiger partial charge in [0.1, 0.15) is 0 Å². The highest BCUT2D eigenvalue weighted by Gasteiger charge is 2.12. The summed E-state index contributed by atoms with van der Waals surface area (Å²) in [7, 11) is 0. The van der Waals surface area contributed by atoms with Gasteiger partial charge in [-0.15, -0.1) is 0 Å². The Morgan fingerprint density at radius 2 is 1.58 bits per heavy atom. The molecule has 0 fully saturated rings. The zero-order valence-electron chi connectivity index (χ0n) is 13.0. The van der Waals surface area contributed by atoms with Gasteiger partial charge in [0.05, 0.1) is 17.8 Å². The van der Waals surface area contributed by atoms with Gasteiger partial charge in [-0.1, -0.05) is 48.5 Å². The molecule has 0 aliphatic carbocycles. The molecule has 0 saturated heterocycles. The van der Waals surface area contributed by atoms with E-state index in [4.69, 9.17) is 0 Å². The van der Waals surface area contributed by atoms with Gasteiger partial charge in [0.2, 0.25) is 5.56 Å². The van der Waals surface area contributed by atoms with Gasteiger partial charge in [0.25, 0.3) is 5.91 Å². The van der Waals surface area contributed by atoms with E-state index in [1.807, 2.05) is 60.7 Å². The lowest BCUT2D eigenvalue weighted by Crippen LogP contribution is -2.42. The molecule has 0 radical (unpaired) electrons. The number of nitrogens with one attached hydrogen (secondary N) is 2. The molecule has 5 heteroatoms. The summed E-state index contributed by atoms with van der Waals surface area (Å²) in [5.74, 6) is -0.286. The van der Waals surface area contributed by atoms with Gasteiger partial charge in [-0.2, -0.15) is 0 Å². The number of pyridine rings is 1. The summed E-state index contributed by atoms with van der Waals surface area (Å²) in [5.41, 5.74) is 4.99. The fourth-order valence-electron chi connectivity index (χ4n) is 2.31. The normalized spacial score (nSPS) is 10.2. The number of nitrogens with zero attached hydrogens (tertiary/aromatic N) is 1. The van der Waals surface area contributed by atoms with E-state index in [2.05, 4.69) is 10.4 Å². The Morgan fingerprint density at radius 1 is 0.917 bits per heavy atom. The number of hydrogen-bond acceptors (Lipinski definition) is 3. The minimum atomic E-state index is -0.286. The number of aromatic amines is 1. The van der Waals surface area contributed by atoms with Crippen molar-refractivity contribution in [2.75, 3.05) is 5.01 Å². The Morgan fingerprint density at radius 3 is 2.21 bits per heavy atom. The van der Waals surface area contributed by atoms with Gasteiger partial charge in [-0.3, -0.25) is 20.0 Å². The minimum absolute atomic E-state index is 0.240. The Bertz CT molecular complexity index is 840. The molecule has 120 valence electrons. The fraction of sp³-hybridized carbons (Fsp3) is 0.0526. The third-order valence-electron chi connectivity index (χ3n) is 3.53. The van der Waals surface area contributed by atoms with E-state index >= 15 is 0 Å². The molecular weight excluding hydrogens is 302 g/mol. The van der Waals surface area contributed by atoms with Crippen molar-refractivity contribution in [3.05, 3.63) is 100 Å². The average Bonchev–Trinajstić information content (AvgIpc) is 2.63. The maximum Gasteiger partial charge on any atom is 0.271 e. The summed E-state index contributed by atoms with van der Waals surface area (Å²) in [5, 5.41) is 1.78. The Balaban J connectivity index is 1.83. The van der Waals surface area contributed by atoms with Crippen molar-refractivity contribution in [1.82, 2.24) is 10.4 Å². The monoisotopic (exact) mass is 319 g/mol.